The number of hydrogen-bond donors (Lipinski definition) is 0. The second-order valence-corrected chi connectivity index (χ2v) is 9.49. The highest BCUT2D eigenvalue weighted by Crippen LogP contribution is 2.32. The Bertz CT molecular complexity index is 922. The monoisotopic (exact) mass is 456 g/mol. The molecule has 0 atom stereocenters. The molecule has 1 aromatic heterocycles. The van der Waals surface area contributed by atoms with Gasteiger partial charge in [0.2, 0.25) is 0 Å². The molecule has 1 amide bonds. The first kappa shape index (κ1) is 22.6. The van der Waals surface area contributed by atoms with Gasteiger partial charge in [0.05, 0.1) is 19.8 Å². The number of ether oxygens (including phenoxy) is 2. The zero-order chi connectivity index (χ0) is 22.7. The first-order valence-electron chi connectivity index (χ1n) is 12.2. The molecule has 0 bridgehead atoms. The molecule has 3 heterocycles. The van der Waals surface area contributed by atoms with E-state index in [9.17, 15) is 9.18 Å². The van der Waals surface area contributed by atoms with Crippen LogP contribution in [-0.4, -0.2) is 53.8 Å². The van der Waals surface area contributed by atoms with Crippen LogP contribution in [0.5, 0.6) is 0 Å². The molecule has 1 spiro atoms. The lowest BCUT2D eigenvalue weighted by molar-refractivity contribution is -0.181. The van der Waals surface area contributed by atoms with E-state index in [0.717, 1.165) is 30.7 Å². The van der Waals surface area contributed by atoms with E-state index in [2.05, 4.69) is 4.90 Å². The van der Waals surface area contributed by atoms with Crippen molar-refractivity contribution in [3.63, 3.8) is 0 Å². The Kier molecular flexibility index (Phi) is 6.81. The number of rotatable bonds is 6. The van der Waals surface area contributed by atoms with Crippen LogP contribution in [0.25, 0.3) is 0 Å². The maximum Gasteiger partial charge on any atom is 0.289 e. The standard InChI is InChI=1S/C26H33FN2O4/c27-21-8-6-20(7-9-21)18-29(22-4-2-1-3-5-22)19-23-10-11-24(33-23)25(30)28-14-12-26(13-15-28)31-16-17-32-26/h6-11,22H,1-5,12-19H2. The fraction of sp³-hybridized carbons (Fsp3) is 0.577. The number of carbonyl (C=O) groups excluding carboxylic acids is 1. The highest BCUT2D eigenvalue weighted by atomic mass is 19.1. The lowest BCUT2D eigenvalue weighted by atomic mass is 9.93. The first-order chi connectivity index (χ1) is 16.1. The van der Waals surface area contributed by atoms with Crippen LogP contribution in [0.1, 0.15) is 66.8 Å². The van der Waals surface area contributed by atoms with E-state index in [1.807, 2.05) is 23.1 Å². The lowest BCUT2D eigenvalue weighted by Gasteiger charge is -2.37. The summed E-state index contributed by atoms with van der Waals surface area (Å²) in [5, 5.41) is 0. The molecule has 5 rings (SSSR count). The fourth-order valence-corrected chi connectivity index (χ4v) is 5.35. The third-order valence-electron chi connectivity index (χ3n) is 7.25. The summed E-state index contributed by atoms with van der Waals surface area (Å²) in [5.74, 6) is 0.400. The van der Waals surface area contributed by atoms with Crippen molar-refractivity contribution in [3.05, 3.63) is 59.3 Å². The molecular formula is C26H33FN2O4. The average molecular weight is 457 g/mol. The number of hydrogen-bond acceptors (Lipinski definition) is 5. The van der Waals surface area contributed by atoms with Crippen molar-refractivity contribution in [1.82, 2.24) is 9.80 Å². The fourth-order valence-electron chi connectivity index (χ4n) is 5.35. The Morgan fingerprint density at radius 3 is 2.36 bits per heavy atom. The Morgan fingerprint density at radius 2 is 1.67 bits per heavy atom. The van der Waals surface area contributed by atoms with Gasteiger partial charge >= 0.3 is 0 Å². The number of nitrogens with zero attached hydrogens (tertiary/aromatic N) is 2. The van der Waals surface area contributed by atoms with E-state index in [0.29, 0.717) is 57.5 Å². The van der Waals surface area contributed by atoms with Gasteiger partial charge in [-0.05, 0) is 42.7 Å². The quantitative estimate of drug-likeness (QED) is 0.629. The Balaban J connectivity index is 1.24. The molecule has 0 N–H and O–H groups in total. The molecule has 1 aromatic carbocycles. The summed E-state index contributed by atoms with van der Waals surface area (Å²) in [5.41, 5.74) is 1.09. The van der Waals surface area contributed by atoms with Gasteiger partial charge in [-0.15, -0.1) is 0 Å². The molecule has 1 saturated carbocycles. The molecule has 7 heteroatoms. The minimum atomic E-state index is -0.494. The summed E-state index contributed by atoms with van der Waals surface area (Å²) >= 11 is 0. The smallest absolute Gasteiger partial charge is 0.289 e. The molecule has 6 nitrogen and oxygen atoms in total. The second-order valence-electron chi connectivity index (χ2n) is 9.49. The van der Waals surface area contributed by atoms with E-state index >= 15 is 0 Å². The van der Waals surface area contributed by atoms with Gasteiger partial charge in [-0.3, -0.25) is 9.69 Å². The maximum absolute atomic E-state index is 13.4. The number of furan rings is 1. The van der Waals surface area contributed by atoms with Crippen molar-refractivity contribution >= 4 is 5.91 Å². The maximum atomic E-state index is 13.4. The van der Waals surface area contributed by atoms with E-state index in [1.54, 1.807) is 6.07 Å². The minimum absolute atomic E-state index is 0.0724. The summed E-state index contributed by atoms with van der Waals surface area (Å²) in [6, 6.07) is 10.9. The van der Waals surface area contributed by atoms with Gasteiger partial charge in [0.1, 0.15) is 11.6 Å². The van der Waals surface area contributed by atoms with Crippen molar-refractivity contribution in [2.75, 3.05) is 26.3 Å². The van der Waals surface area contributed by atoms with Gasteiger partial charge in [-0.25, -0.2) is 4.39 Å². The zero-order valence-corrected chi connectivity index (χ0v) is 19.1. The summed E-state index contributed by atoms with van der Waals surface area (Å²) < 4.78 is 30.9. The molecule has 0 unspecified atom stereocenters. The van der Waals surface area contributed by atoms with Gasteiger partial charge in [-0.2, -0.15) is 0 Å². The summed E-state index contributed by atoms with van der Waals surface area (Å²) in [6.45, 7) is 3.85. The lowest BCUT2D eigenvalue weighted by Crippen LogP contribution is -2.47. The minimum Gasteiger partial charge on any atom is -0.455 e. The van der Waals surface area contributed by atoms with E-state index < -0.39 is 5.79 Å². The molecule has 2 aliphatic heterocycles. The number of carbonyl (C=O) groups is 1. The molecule has 33 heavy (non-hydrogen) atoms. The van der Waals surface area contributed by atoms with Crippen molar-refractivity contribution in [1.29, 1.82) is 0 Å². The summed E-state index contributed by atoms with van der Waals surface area (Å²) in [6.07, 6.45) is 7.46. The van der Waals surface area contributed by atoms with E-state index in [1.165, 1.54) is 31.4 Å². The molecule has 1 aliphatic carbocycles. The van der Waals surface area contributed by atoms with E-state index in [-0.39, 0.29) is 11.7 Å². The van der Waals surface area contributed by atoms with Crippen molar-refractivity contribution < 1.29 is 23.1 Å². The predicted octanol–water partition coefficient (Wildman–Crippen LogP) is 4.73. The van der Waals surface area contributed by atoms with Crippen LogP contribution in [0.2, 0.25) is 0 Å². The SMILES string of the molecule is O=C(c1ccc(CN(Cc2ccc(F)cc2)C2CCCCC2)o1)N1CCC2(CC1)OCCO2. The van der Waals surface area contributed by atoms with Crippen LogP contribution < -0.4 is 0 Å². The van der Waals surface area contributed by atoms with Crippen LogP contribution in [-0.2, 0) is 22.6 Å². The zero-order valence-electron chi connectivity index (χ0n) is 19.1. The molecule has 2 saturated heterocycles. The average Bonchev–Trinajstić information content (AvgIpc) is 3.51. The topological polar surface area (TPSA) is 55.2 Å². The predicted molar refractivity (Wildman–Crippen MR) is 121 cm³/mol. The van der Waals surface area contributed by atoms with Crippen LogP contribution in [0.3, 0.4) is 0 Å². The normalized spacial score (nSPS) is 21.2. The number of amides is 1. The van der Waals surface area contributed by atoms with Crippen LogP contribution >= 0.6 is 0 Å². The van der Waals surface area contributed by atoms with Crippen molar-refractivity contribution in [3.8, 4) is 0 Å². The molecular weight excluding hydrogens is 423 g/mol. The van der Waals surface area contributed by atoms with Gasteiger partial charge in [0, 0.05) is 38.5 Å². The van der Waals surface area contributed by atoms with Gasteiger partial charge in [0.25, 0.3) is 5.91 Å². The Morgan fingerprint density at radius 1 is 0.970 bits per heavy atom. The van der Waals surface area contributed by atoms with Crippen LogP contribution in [0.4, 0.5) is 4.39 Å². The largest absolute Gasteiger partial charge is 0.455 e. The van der Waals surface area contributed by atoms with Gasteiger partial charge in [-0.1, -0.05) is 31.4 Å². The number of halogens is 1. The highest BCUT2D eigenvalue weighted by molar-refractivity contribution is 5.91. The molecule has 0 radical (unpaired) electrons. The van der Waals surface area contributed by atoms with Crippen molar-refractivity contribution in [2.45, 2.75) is 69.9 Å². The molecule has 3 aliphatic rings. The van der Waals surface area contributed by atoms with E-state index in [4.69, 9.17) is 13.9 Å². The van der Waals surface area contributed by atoms with Gasteiger partial charge < -0.3 is 18.8 Å². The van der Waals surface area contributed by atoms with Crippen molar-refractivity contribution in [2.24, 2.45) is 0 Å². The highest BCUT2D eigenvalue weighted by Gasteiger charge is 2.41. The summed E-state index contributed by atoms with van der Waals surface area (Å²) in [4.78, 5) is 17.3. The molecule has 3 fully saturated rings. The number of likely N-dealkylation sites (tertiary alicyclic amines) is 1. The van der Waals surface area contributed by atoms with Gasteiger partial charge in [0.15, 0.2) is 11.5 Å². The third-order valence-corrected chi connectivity index (χ3v) is 7.25. The first-order valence-corrected chi connectivity index (χ1v) is 12.2. The Hall–Kier alpha value is -2.22. The van der Waals surface area contributed by atoms with Crippen LogP contribution in [0.15, 0.2) is 40.8 Å². The second kappa shape index (κ2) is 9.95. The summed E-state index contributed by atoms with van der Waals surface area (Å²) in [7, 11) is 0. The Labute approximate surface area is 194 Å². The number of piperidine rings is 1. The van der Waals surface area contributed by atoms with Crippen LogP contribution in [0, 0.1) is 5.82 Å². The third kappa shape index (κ3) is 5.31. The molecule has 2 aromatic rings. The molecule has 178 valence electrons. The number of benzene rings is 1.